The molecular formula is C19H17FN6O2S. The summed E-state index contributed by atoms with van der Waals surface area (Å²) in [4.78, 5) is 25.0. The van der Waals surface area contributed by atoms with Gasteiger partial charge >= 0.3 is 0 Å². The monoisotopic (exact) mass is 412 g/mol. The Morgan fingerprint density at radius 2 is 1.86 bits per heavy atom. The molecule has 2 amide bonds. The van der Waals surface area contributed by atoms with Crippen LogP contribution in [0.4, 0.5) is 15.8 Å². The van der Waals surface area contributed by atoms with Gasteiger partial charge in [0.1, 0.15) is 5.82 Å². The van der Waals surface area contributed by atoms with E-state index in [1.165, 1.54) is 36.0 Å². The Balaban J connectivity index is 1.39. The summed E-state index contributed by atoms with van der Waals surface area (Å²) in [7, 11) is 0. The van der Waals surface area contributed by atoms with E-state index in [1.807, 2.05) is 0 Å². The Morgan fingerprint density at radius 1 is 1.10 bits per heavy atom. The Bertz CT molecular complexity index is 1040. The van der Waals surface area contributed by atoms with Crippen LogP contribution in [-0.4, -0.2) is 37.8 Å². The minimum atomic E-state index is -0.405. The van der Waals surface area contributed by atoms with E-state index in [9.17, 15) is 14.0 Å². The lowest BCUT2D eigenvalue weighted by Gasteiger charge is -2.11. The highest BCUT2D eigenvalue weighted by Gasteiger charge is 2.28. The first-order valence-corrected chi connectivity index (χ1v) is 9.95. The van der Waals surface area contributed by atoms with Crippen LogP contribution in [0.3, 0.4) is 0 Å². The van der Waals surface area contributed by atoms with Gasteiger partial charge in [0.2, 0.25) is 11.1 Å². The number of nitrogens with one attached hydrogen (secondary N) is 2. The van der Waals surface area contributed by atoms with Crippen LogP contribution in [0.15, 0.2) is 53.7 Å². The molecule has 0 saturated heterocycles. The summed E-state index contributed by atoms with van der Waals surface area (Å²) in [5.41, 5.74) is 1.15. The summed E-state index contributed by atoms with van der Waals surface area (Å²) in [6.07, 6.45) is 2.09. The van der Waals surface area contributed by atoms with Crippen LogP contribution in [0.2, 0.25) is 0 Å². The number of halogens is 1. The molecule has 10 heteroatoms. The molecule has 1 heterocycles. The zero-order chi connectivity index (χ0) is 20.2. The molecule has 8 nitrogen and oxygen atoms in total. The average molecular weight is 412 g/mol. The van der Waals surface area contributed by atoms with Gasteiger partial charge in [-0.2, -0.15) is 0 Å². The quantitative estimate of drug-likeness (QED) is 0.578. The van der Waals surface area contributed by atoms with Crippen LogP contribution in [0.1, 0.15) is 29.2 Å². The van der Waals surface area contributed by atoms with Gasteiger partial charge < -0.3 is 10.6 Å². The van der Waals surface area contributed by atoms with Crippen molar-refractivity contribution in [2.24, 2.45) is 0 Å². The van der Waals surface area contributed by atoms with Crippen molar-refractivity contribution in [3.63, 3.8) is 0 Å². The Hall–Kier alpha value is -3.27. The van der Waals surface area contributed by atoms with Crippen LogP contribution < -0.4 is 10.6 Å². The summed E-state index contributed by atoms with van der Waals surface area (Å²) in [6.45, 7) is 0. The van der Waals surface area contributed by atoms with E-state index in [2.05, 4.69) is 26.2 Å². The molecule has 148 valence electrons. The number of hydrogen-bond donors (Lipinski definition) is 2. The zero-order valence-electron chi connectivity index (χ0n) is 15.2. The number of benzene rings is 2. The molecule has 3 aromatic rings. The number of hydrogen-bond acceptors (Lipinski definition) is 6. The molecule has 1 aromatic heterocycles. The van der Waals surface area contributed by atoms with Gasteiger partial charge in [-0.05, 0) is 59.7 Å². The van der Waals surface area contributed by atoms with Crippen LogP contribution in [0.5, 0.6) is 0 Å². The number of rotatable bonds is 7. The topological polar surface area (TPSA) is 102 Å². The first kappa shape index (κ1) is 19.1. The molecule has 2 N–H and O–H groups in total. The van der Waals surface area contributed by atoms with E-state index < -0.39 is 5.91 Å². The van der Waals surface area contributed by atoms with Gasteiger partial charge in [0.05, 0.1) is 23.0 Å². The molecule has 4 rings (SSSR count). The number of carbonyl (C=O) groups is 2. The smallest absolute Gasteiger partial charge is 0.257 e. The molecule has 1 saturated carbocycles. The fraction of sp³-hybridized carbons (Fsp3) is 0.211. The van der Waals surface area contributed by atoms with Crippen molar-refractivity contribution in [2.75, 3.05) is 16.4 Å². The van der Waals surface area contributed by atoms with Crippen LogP contribution >= 0.6 is 11.8 Å². The molecule has 1 fully saturated rings. The number of tetrazole rings is 1. The Morgan fingerprint density at radius 3 is 2.62 bits per heavy atom. The minimum absolute atomic E-state index is 0.112. The van der Waals surface area contributed by atoms with Crippen molar-refractivity contribution >= 4 is 35.0 Å². The number of thioether (sulfide) groups is 1. The van der Waals surface area contributed by atoms with Crippen molar-refractivity contribution < 1.29 is 14.0 Å². The van der Waals surface area contributed by atoms with Gasteiger partial charge in [-0.15, -0.1) is 5.10 Å². The SMILES string of the molecule is O=C(CSc1nnnn1C1CC1)Nc1ccccc1C(=O)Nc1ccc(F)cc1. The van der Waals surface area contributed by atoms with Crippen LogP contribution in [0.25, 0.3) is 0 Å². The molecule has 1 aliphatic rings. The third-order valence-corrected chi connectivity index (χ3v) is 5.17. The zero-order valence-corrected chi connectivity index (χ0v) is 16.0. The Labute approximate surface area is 169 Å². The molecule has 0 aliphatic heterocycles. The lowest BCUT2D eigenvalue weighted by Crippen LogP contribution is -2.19. The summed E-state index contributed by atoms with van der Waals surface area (Å²) < 4.78 is 14.8. The normalized spacial score (nSPS) is 13.1. The highest BCUT2D eigenvalue weighted by Crippen LogP contribution is 2.36. The lowest BCUT2D eigenvalue weighted by atomic mass is 10.1. The highest BCUT2D eigenvalue weighted by atomic mass is 32.2. The number of carbonyl (C=O) groups excluding carboxylic acids is 2. The van der Waals surface area contributed by atoms with Crippen molar-refractivity contribution in [3.05, 3.63) is 59.9 Å². The molecular weight excluding hydrogens is 395 g/mol. The third-order valence-electron chi connectivity index (χ3n) is 4.24. The van der Waals surface area contributed by atoms with Gasteiger partial charge in [-0.3, -0.25) is 9.59 Å². The molecule has 0 spiro atoms. The third kappa shape index (κ3) is 4.77. The van der Waals surface area contributed by atoms with E-state index >= 15 is 0 Å². The maximum atomic E-state index is 13.0. The van der Waals surface area contributed by atoms with E-state index in [-0.39, 0.29) is 17.5 Å². The first-order chi connectivity index (χ1) is 14.1. The molecule has 29 heavy (non-hydrogen) atoms. The van der Waals surface area contributed by atoms with Crippen molar-refractivity contribution in [2.45, 2.75) is 24.0 Å². The van der Waals surface area contributed by atoms with Gasteiger partial charge in [0.25, 0.3) is 5.91 Å². The van der Waals surface area contributed by atoms with E-state index in [1.54, 1.807) is 28.9 Å². The molecule has 0 unspecified atom stereocenters. The van der Waals surface area contributed by atoms with Crippen molar-refractivity contribution in [3.8, 4) is 0 Å². The maximum Gasteiger partial charge on any atom is 0.257 e. The van der Waals surface area contributed by atoms with Gasteiger partial charge in [0.15, 0.2) is 0 Å². The predicted octanol–water partition coefficient (Wildman–Crippen LogP) is 3.13. The number of aromatic nitrogens is 4. The van der Waals surface area contributed by atoms with Gasteiger partial charge in [0, 0.05) is 5.69 Å². The standard InChI is InChI=1S/C19H17FN6O2S/c20-12-5-7-13(8-6-12)21-18(28)15-3-1-2-4-16(15)22-17(27)11-29-19-23-24-25-26(19)14-9-10-14/h1-8,14H,9-11H2,(H,21,28)(H,22,27). The summed E-state index contributed by atoms with van der Waals surface area (Å²) >= 11 is 1.25. The number of anilines is 2. The second-order valence-corrected chi connectivity index (χ2v) is 7.42. The molecule has 0 atom stereocenters. The van der Waals surface area contributed by atoms with Crippen molar-refractivity contribution in [1.29, 1.82) is 0 Å². The molecule has 0 bridgehead atoms. The van der Waals surface area contributed by atoms with Crippen LogP contribution in [-0.2, 0) is 4.79 Å². The molecule has 1 aliphatic carbocycles. The van der Waals surface area contributed by atoms with Crippen molar-refractivity contribution in [1.82, 2.24) is 20.2 Å². The largest absolute Gasteiger partial charge is 0.325 e. The molecule has 2 aromatic carbocycles. The summed E-state index contributed by atoms with van der Waals surface area (Å²) in [5.74, 6) is -0.956. The fourth-order valence-corrected chi connectivity index (χ4v) is 3.41. The summed E-state index contributed by atoms with van der Waals surface area (Å²) in [6, 6.07) is 12.5. The highest BCUT2D eigenvalue weighted by molar-refractivity contribution is 7.99. The van der Waals surface area contributed by atoms with Crippen LogP contribution in [0, 0.1) is 5.82 Å². The lowest BCUT2D eigenvalue weighted by molar-refractivity contribution is -0.113. The van der Waals surface area contributed by atoms with E-state index in [0.717, 1.165) is 12.8 Å². The number of para-hydroxylation sites is 1. The predicted molar refractivity (Wildman–Crippen MR) is 106 cm³/mol. The number of nitrogens with zero attached hydrogens (tertiary/aromatic N) is 4. The van der Waals surface area contributed by atoms with E-state index in [0.29, 0.717) is 28.1 Å². The second kappa shape index (κ2) is 8.39. The number of amides is 2. The van der Waals surface area contributed by atoms with E-state index in [4.69, 9.17) is 0 Å². The second-order valence-electron chi connectivity index (χ2n) is 6.48. The molecule has 0 radical (unpaired) electrons. The summed E-state index contributed by atoms with van der Waals surface area (Å²) in [5, 5.41) is 17.6. The minimum Gasteiger partial charge on any atom is -0.325 e. The first-order valence-electron chi connectivity index (χ1n) is 8.96. The fourth-order valence-electron chi connectivity index (χ4n) is 2.67. The van der Waals surface area contributed by atoms with Gasteiger partial charge in [-0.25, -0.2) is 9.07 Å². The Kier molecular flexibility index (Phi) is 5.52. The van der Waals surface area contributed by atoms with Gasteiger partial charge in [-0.1, -0.05) is 23.9 Å². The average Bonchev–Trinajstić information content (AvgIpc) is 3.46. The maximum absolute atomic E-state index is 13.0.